The van der Waals surface area contributed by atoms with Gasteiger partial charge in [-0.2, -0.15) is 13.2 Å². The fourth-order valence-electron chi connectivity index (χ4n) is 2.78. The smallest absolute Gasteiger partial charge is 0.393 e. The predicted octanol–water partition coefficient (Wildman–Crippen LogP) is 4.29. The van der Waals surface area contributed by atoms with E-state index in [0.29, 0.717) is 4.90 Å². The minimum absolute atomic E-state index is 0.0290. The van der Waals surface area contributed by atoms with Gasteiger partial charge < -0.3 is 9.47 Å². The summed E-state index contributed by atoms with van der Waals surface area (Å²) in [5.74, 6) is -3.76. The Morgan fingerprint density at radius 3 is 2.35 bits per heavy atom. The molecule has 1 unspecified atom stereocenters. The maximum Gasteiger partial charge on any atom is 0.473 e. The Bertz CT molecular complexity index is 1150. The van der Waals surface area contributed by atoms with Crippen LogP contribution in [0.15, 0.2) is 47.4 Å². The van der Waals surface area contributed by atoms with Gasteiger partial charge in [-0.1, -0.05) is 11.6 Å². The number of anilines is 2. The van der Waals surface area contributed by atoms with Gasteiger partial charge in [-0.15, -0.1) is 0 Å². The normalized spacial score (nSPS) is 18.5. The van der Waals surface area contributed by atoms with Crippen LogP contribution in [0.3, 0.4) is 0 Å². The van der Waals surface area contributed by atoms with Crippen molar-refractivity contribution < 1.29 is 40.7 Å². The highest BCUT2D eigenvalue weighted by Crippen LogP contribution is 2.49. The summed E-state index contributed by atoms with van der Waals surface area (Å²) in [7, 11) is -2.42. The highest BCUT2D eigenvalue weighted by molar-refractivity contribution is 7.90. The number of cyclic esters (lactones) is 1. The lowest BCUT2D eigenvalue weighted by Gasteiger charge is -2.38. The number of benzene rings is 2. The number of hydrogen-bond donors (Lipinski definition) is 1. The Balaban J connectivity index is 2.00. The number of amides is 2. The number of ether oxygens (including phenoxy) is 2. The molecule has 13 heteroatoms. The molecule has 1 aliphatic heterocycles. The highest BCUT2D eigenvalue weighted by Gasteiger charge is 2.66. The molecule has 0 fully saturated rings. The summed E-state index contributed by atoms with van der Waals surface area (Å²) >= 11 is 5.80. The van der Waals surface area contributed by atoms with E-state index in [-0.39, 0.29) is 21.3 Å². The molecule has 3 rings (SSSR count). The molecule has 0 saturated heterocycles. The Labute approximate surface area is 179 Å². The third-order valence-electron chi connectivity index (χ3n) is 4.34. The number of hydrogen-bond acceptors (Lipinski definition) is 6. The molecular weight excluding hydrogens is 465 g/mol. The summed E-state index contributed by atoms with van der Waals surface area (Å²) in [5.41, 5.74) is -0.992. The van der Waals surface area contributed by atoms with E-state index in [1.165, 1.54) is 30.3 Å². The van der Waals surface area contributed by atoms with Crippen LogP contribution in [0, 0.1) is 0 Å². The lowest BCUT2D eigenvalue weighted by Crippen LogP contribution is -2.54. The van der Waals surface area contributed by atoms with Crippen LogP contribution in [0.2, 0.25) is 5.02 Å². The van der Waals surface area contributed by atoms with E-state index in [9.17, 15) is 31.2 Å². The molecule has 166 valence electrons. The number of sulfone groups is 1. The van der Waals surface area contributed by atoms with Crippen molar-refractivity contribution in [2.24, 2.45) is 0 Å². The van der Waals surface area contributed by atoms with Gasteiger partial charge in [0.1, 0.15) is 0 Å². The maximum atomic E-state index is 14.1. The third-order valence-corrected chi connectivity index (χ3v) is 5.70. The molecule has 31 heavy (non-hydrogen) atoms. The van der Waals surface area contributed by atoms with Gasteiger partial charge in [-0.05, 0) is 42.5 Å². The summed E-state index contributed by atoms with van der Waals surface area (Å²) in [5, 5.41) is 1.97. The predicted molar refractivity (Wildman–Crippen MR) is 104 cm³/mol. The molecular formula is C18H14ClF3N2O6S. The summed E-state index contributed by atoms with van der Waals surface area (Å²) < 4.78 is 74.5. The lowest BCUT2D eigenvalue weighted by molar-refractivity contribution is -0.350. The van der Waals surface area contributed by atoms with Gasteiger partial charge in [0.2, 0.25) is 0 Å². The maximum absolute atomic E-state index is 14.1. The van der Waals surface area contributed by atoms with Gasteiger partial charge in [0.05, 0.1) is 16.1 Å². The van der Waals surface area contributed by atoms with Crippen LogP contribution in [0.1, 0.15) is 5.56 Å². The number of nitrogens with zero attached hydrogens (tertiary/aromatic N) is 1. The summed E-state index contributed by atoms with van der Waals surface area (Å²) in [6, 6.07) is 7.97. The molecule has 0 radical (unpaired) electrons. The molecule has 0 saturated carbocycles. The molecule has 2 aromatic carbocycles. The number of rotatable bonds is 3. The van der Waals surface area contributed by atoms with E-state index < -0.39 is 39.6 Å². The van der Waals surface area contributed by atoms with Crippen molar-refractivity contribution in [3.05, 3.63) is 53.1 Å². The van der Waals surface area contributed by atoms with Crippen LogP contribution < -0.4 is 10.2 Å². The zero-order valence-corrected chi connectivity index (χ0v) is 17.4. The first-order valence-electron chi connectivity index (χ1n) is 8.38. The van der Waals surface area contributed by atoms with Crippen LogP contribution in [-0.2, 0) is 25.1 Å². The first kappa shape index (κ1) is 22.7. The molecule has 0 bridgehead atoms. The minimum atomic E-state index is -5.36. The van der Waals surface area contributed by atoms with Gasteiger partial charge in [0, 0.05) is 24.0 Å². The molecule has 1 N–H and O–H groups in total. The molecule has 0 aromatic heterocycles. The van der Waals surface area contributed by atoms with Gasteiger partial charge in [0.15, 0.2) is 9.84 Å². The summed E-state index contributed by atoms with van der Waals surface area (Å²) in [6.45, 7) is 0. The van der Waals surface area contributed by atoms with Gasteiger partial charge in [-0.3, -0.25) is 10.2 Å². The van der Waals surface area contributed by atoms with E-state index in [2.05, 4.69) is 10.1 Å². The first-order chi connectivity index (χ1) is 14.2. The van der Waals surface area contributed by atoms with Crippen molar-refractivity contribution in [3.8, 4) is 0 Å². The standard InChI is InChI=1S/C18H14ClF3N2O6S/c1-24(11-4-6-12(7-5-11)31(2,27)28)16(26)30-17(18(20,21)22)13-9-10(19)3-8-14(13)23-15(25)29-17/h3-9H,1-2H3,(H,23,25). The second-order valence-corrected chi connectivity index (χ2v) is 8.96. The van der Waals surface area contributed by atoms with E-state index in [1.54, 1.807) is 0 Å². The largest absolute Gasteiger partial charge is 0.473 e. The molecule has 0 aliphatic carbocycles. The van der Waals surface area contributed by atoms with Crippen molar-refractivity contribution >= 4 is 45.0 Å². The van der Waals surface area contributed by atoms with Crippen molar-refractivity contribution in [2.45, 2.75) is 16.9 Å². The second kappa shape index (κ2) is 7.61. The second-order valence-electron chi connectivity index (χ2n) is 6.51. The van der Waals surface area contributed by atoms with Crippen LogP contribution in [0.5, 0.6) is 0 Å². The van der Waals surface area contributed by atoms with Crippen molar-refractivity contribution in [2.75, 3.05) is 23.5 Å². The van der Waals surface area contributed by atoms with Gasteiger partial charge in [-0.25, -0.2) is 18.0 Å². The van der Waals surface area contributed by atoms with Gasteiger partial charge >= 0.3 is 24.1 Å². The van der Waals surface area contributed by atoms with E-state index in [0.717, 1.165) is 25.4 Å². The average molecular weight is 479 g/mol. The van der Waals surface area contributed by atoms with E-state index >= 15 is 0 Å². The van der Waals surface area contributed by atoms with Crippen molar-refractivity contribution in [1.29, 1.82) is 0 Å². The molecule has 1 heterocycles. The third kappa shape index (κ3) is 4.26. The van der Waals surface area contributed by atoms with Gasteiger partial charge in [0.25, 0.3) is 0 Å². The number of halogens is 4. The van der Waals surface area contributed by atoms with E-state index in [1.807, 2.05) is 0 Å². The van der Waals surface area contributed by atoms with Crippen LogP contribution >= 0.6 is 11.6 Å². The summed E-state index contributed by atoms with van der Waals surface area (Å²) in [6.07, 6.45) is -7.40. The van der Waals surface area contributed by atoms with E-state index in [4.69, 9.17) is 16.3 Å². The number of fused-ring (bicyclic) bond motifs is 1. The summed E-state index contributed by atoms with van der Waals surface area (Å²) in [4.78, 5) is 25.0. The molecule has 1 aliphatic rings. The average Bonchev–Trinajstić information content (AvgIpc) is 2.66. The Morgan fingerprint density at radius 1 is 1.19 bits per heavy atom. The lowest BCUT2D eigenvalue weighted by atomic mass is 10.0. The molecule has 1 atom stereocenters. The molecule has 0 spiro atoms. The molecule has 2 aromatic rings. The van der Waals surface area contributed by atoms with Crippen molar-refractivity contribution in [1.82, 2.24) is 0 Å². The first-order valence-corrected chi connectivity index (χ1v) is 10.6. The quantitative estimate of drug-likeness (QED) is 0.706. The number of nitrogens with one attached hydrogen (secondary N) is 1. The molecule has 8 nitrogen and oxygen atoms in total. The van der Waals surface area contributed by atoms with Crippen LogP contribution in [-0.4, -0.2) is 40.1 Å². The van der Waals surface area contributed by atoms with Crippen LogP contribution in [0.25, 0.3) is 0 Å². The zero-order valence-electron chi connectivity index (χ0n) is 15.9. The Morgan fingerprint density at radius 2 is 1.81 bits per heavy atom. The number of carbonyl (C=O) groups excluding carboxylic acids is 2. The number of alkyl halides is 3. The fraction of sp³-hybridized carbons (Fsp3) is 0.222. The SMILES string of the molecule is CN(C(=O)OC1(C(F)(F)F)OC(=O)Nc2ccc(Cl)cc21)c1ccc(S(C)(=O)=O)cc1. The Hall–Kier alpha value is -2.99. The Kier molecular flexibility index (Phi) is 5.57. The topological polar surface area (TPSA) is 102 Å². The number of carbonyl (C=O) groups is 2. The molecule has 2 amide bonds. The van der Waals surface area contributed by atoms with Crippen LogP contribution in [0.4, 0.5) is 34.1 Å². The zero-order chi connectivity index (χ0) is 23.2. The minimum Gasteiger partial charge on any atom is -0.393 e. The highest BCUT2D eigenvalue weighted by atomic mass is 35.5. The fourth-order valence-corrected chi connectivity index (χ4v) is 3.58. The van der Waals surface area contributed by atoms with Crippen molar-refractivity contribution in [3.63, 3.8) is 0 Å². The monoisotopic (exact) mass is 478 g/mol.